The summed E-state index contributed by atoms with van der Waals surface area (Å²) in [7, 11) is 0. The molecule has 1 aromatic carbocycles. The van der Waals surface area contributed by atoms with Crippen LogP contribution >= 0.6 is 0 Å². The zero-order valence-corrected chi connectivity index (χ0v) is 8.77. The van der Waals surface area contributed by atoms with Gasteiger partial charge in [0.1, 0.15) is 0 Å². The van der Waals surface area contributed by atoms with Crippen molar-refractivity contribution in [2.75, 3.05) is 12.3 Å². The molecule has 0 amide bonds. The number of nitrogens with two attached hydrogens (primary N) is 2. The maximum Gasteiger partial charge on any atom is 0.307 e. The predicted molar refractivity (Wildman–Crippen MR) is 59.0 cm³/mol. The van der Waals surface area contributed by atoms with E-state index in [1.165, 1.54) is 0 Å². The molecule has 15 heavy (non-hydrogen) atoms. The van der Waals surface area contributed by atoms with Crippen molar-refractivity contribution in [3.8, 4) is 0 Å². The van der Waals surface area contributed by atoms with Crippen LogP contribution in [0, 0.1) is 0 Å². The van der Waals surface area contributed by atoms with Gasteiger partial charge < -0.3 is 16.2 Å². The minimum Gasteiger partial charge on any atom is -0.466 e. The normalized spacial score (nSPS) is 12.1. The number of ether oxygens (including phenoxy) is 1. The lowest BCUT2D eigenvalue weighted by molar-refractivity contribution is -0.143. The molecule has 4 N–H and O–H groups in total. The summed E-state index contributed by atoms with van der Waals surface area (Å²) in [4.78, 5) is 11.2. The zero-order valence-electron chi connectivity index (χ0n) is 8.77. The number of nitrogen functional groups attached to an aromatic ring is 1. The van der Waals surface area contributed by atoms with Gasteiger partial charge in [0.15, 0.2) is 0 Å². The van der Waals surface area contributed by atoms with E-state index in [0.717, 1.165) is 5.56 Å². The van der Waals surface area contributed by atoms with E-state index in [0.29, 0.717) is 12.3 Å². The van der Waals surface area contributed by atoms with Crippen LogP contribution in [-0.4, -0.2) is 12.6 Å². The first kappa shape index (κ1) is 11.5. The summed E-state index contributed by atoms with van der Waals surface area (Å²) in [5, 5.41) is 0. The molecule has 1 atom stereocenters. The lowest BCUT2D eigenvalue weighted by Crippen LogP contribution is -2.17. The average molecular weight is 208 g/mol. The third kappa shape index (κ3) is 3.59. The van der Waals surface area contributed by atoms with Gasteiger partial charge in [-0.1, -0.05) is 12.1 Å². The largest absolute Gasteiger partial charge is 0.466 e. The van der Waals surface area contributed by atoms with Crippen LogP contribution in [0.15, 0.2) is 24.3 Å². The number of esters is 1. The summed E-state index contributed by atoms with van der Waals surface area (Å²) in [6.07, 6.45) is 0.192. The smallest absolute Gasteiger partial charge is 0.307 e. The van der Waals surface area contributed by atoms with Crippen molar-refractivity contribution in [3.63, 3.8) is 0 Å². The van der Waals surface area contributed by atoms with Gasteiger partial charge >= 0.3 is 5.97 Å². The Morgan fingerprint density at radius 1 is 1.40 bits per heavy atom. The highest BCUT2D eigenvalue weighted by Crippen LogP contribution is 2.16. The molecule has 0 heterocycles. The molecule has 4 heteroatoms. The first-order valence-electron chi connectivity index (χ1n) is 4.90. The Kier molecular flexibility index (Phi) is 4.12. The summed E-state index contributed by atoms with van der Waals surface area (Å²) in [5.41, 5.74) is 12.9. The summed E-state index contributed by atoms with van der Waals surface area (Å²) >= 11 is 0. The van der Waals surface area contributed by atoms with Crippen molar-refractivity contribution in [1.82, 2.24) is 0 Å². The Balaban J connectivity index is 2.57. The highest BCUT2D eigenvalue weighted by molar-refractivity contribution is 5.70. The van der Waals surface area contributed by atoms with Gasteiger partial charge in [-0.05, 0) is 24.6 Å². The third-order valence-corrected chi connectivity index (χ3v) is 2.06. The predicted octanol–water partition coefficient (Wildman–Crippen LogP) is 1.22. The van der Waals surface area contributed by atoms with Crippen LogP contribution in [0.25, 0.3) is 0 Å². The van der Waals surface area contributed by atoms with Crippen molar-refractivity contribution in [3.05, 3.63) is 29.8 Å². The summed E-state index contributed by atoms with van der Waals surface area (Å²) in [6.45, 7) is 2.15. The molecule has 82 valence electrons. The van der Waals surface area contributed by atoms with Crippen LogP contribution in [0.5, 0.6) is 0 Å². The van der Waals surface area contributed by atoms with Gasteiger partial charge in [0.25, 0.3) is 0 Å². The minimum atomic E-state index is -0.329. The standard InChI is InChI=1S/C11H16N2O2/c1-2-15-11(14)7-10(13)8-3-5-9(12)6-4-8/h3-6,10H,2,7,12-13H2,1H3. The number of hydrogen-bond acceptors (Lipinski definition) is 4. The third-order valence-electron chi connectivity index (χ3n) is 2.06. The summed E-state index contributed by atoms with van der Waals surface area (Å²) in [6, 6.07) is 6.84. The SMILES string of the molecule is CCOC(=O)CC(N)c1ccc(N)cc1. The molecule has 1 rings (SSSR count). The fourth-order valence-corrected chi connectivity index (χ4v) is 1.26. The molecular weight excluding hydrogens is 192 g/mol. The average Bonchev–Trinajstić information content (AvgIpc) is 2.18. The molecule has 0 aliphatic rings. The second kappa shape index (κ2) is 5.36. The molecule has 0 radical (unpaired) electrons. The Bertz CT molecular complexity index is 322. The number of benzene rings is 1. The van der Waals surface area contributed by atoms with E-state index in [2.05, 4.69) is 0 Å². The van der Waals surface area contributed by atoms with Gasteiger partial charge in [0.2, 0.25) is 0 Å². The van der Waals surface area contributed by atoms with Crippen LogP contribution < -0.4 is 11.5 Å². The molecular formula is C11H16N2O2. The quantitative estimate of drug-likeness (QED) is 0.576. The second-order valence-corrected chi connectivity index (χ2v) is 3.28. The summed E-state index contributed by atoms with van der Waals surface area (Å²) < 4.78 is 4.81. The topological polar surface area (TPSA) is 78.3 Å². The molecule has 0 aliphatic heterocycles. The van der Waals surface area contributed by atoms with Gasteiger partial charge in [-0.2, -0.15) is 0 Å². The van der Waals surface area contributed by atoms with Gasteiger partial charge in [-0.15, -0.1) is 0 Å². The maximum atomic E-state index is 11.2. The number of anilines is 1. The van der Waals surface area contributed by atoms with Crippen molar-refractivity contribution >= 4 is 11.7 Å². The zero-order chi connectivity index (χ0) is 11.3. The summed E-state index contributed by atoms with van der Waals surface area (Å²) in [5.74, 6) is -0.276. The van der Waals surface area contributed by atoms with Crippen molar-refractivity contribution in [2.24, 2.45) is 5.73 Å². The van der Waals surface area contributed by atoms with E-state index in [-0.39, 0.29) is 18.4 Å². The number of rotatable bonds is 4. The van der Waals surface area contributed by atoms with Gasteiger partial charge in [0.05, 0.1) is 13.0 Å². The van der Waals surface area contributed by atoms with E-state index in [1.54, 1.807) is 19.1 Å². The monoisotopic (exact) mass is 208 g/mol. The molecule has 0 saturated heterocycles. The lowest BCUT2D eigenvalue weighted by atomic mass is 10.0. The Morgan fingerprint density at radius 3 is 2.53 bits per heavy atom. The number of carbonyl (C=O) groups excluding carboxylic acids is 1. The molecule has 0 bridgehead atoms. The van der Waals surface area contributed by atoms with Crippen LogP contribution in [0.4, 0.5) is 5.69 Å². The molecule has 1 aromatic rings. The van der Waals surface area contributed by atoms with Crippen LogP contribution in [-0.2, 0) is 9.53 Å². The fourth-order valence-electron chi connectivity index (χ4n) is 1.26. The lowest BCUT2D eigenvalue weighted by Gasteiger charge is -2.11. The first-order chi connectivity index (χ1) is 7.13. The number of carbonyl (C=O) groups is 1. The molecule has 0 aromatic heterocycles. The maximum absolute atomic E-state index is 11.2. The van der Waals surface area contributed by atoms with E-state index < -0.39 is 0 Å². The van der Waals surface area contributed by atoms with Gasteiger partial charge in [-0.25, -0.2) is 0 Å². The van der Waals surface area contributed by atoms with Gasteiger partial charge in [0, 0.05) is 11.7 Å². The molecule has 1 unspecified atom stereocenters. The Labute approximate surface area is 89.2 Å². The second-order valence-electron chi connectivity index (χ2n) is 3.28. The van der Waals surface area contributed by atoms with E-state index in [1.807, 2.05) is 12.1 Å². The highest BCUT2D eigenvalue weighted by Gasteiger charge is 2.11. The van der Waals surface area contributed by atoms with E-state index in [9.17, 15) is 4.79 Å². The van der Waals surface area contributed by atoms with Crippen LogP contribution in [0.3, 0.4) is 0 Å². The van der Waals surface area contributed by atoms with Crippen molar-refractivity contribution in [1.29, 1.82) is 0 Å². The molecule has 0 fully saturated rings. The fraction of sp³-hybridized carbons (Fsp3) is 0.364. The van der Waals surface area contributed by atoms with Crippen molar-refractivity contribution < 1.29 is 9.53 Å². The number of hydrogen-bond donors (Lipinski definition) is 2. The van der Waals surface area contributed by atoms with Gasteiger partial charge in [-0.3, -0.25) is 4.79 Å². The van der Waals surface area contributed by atoms with E-state index in [4.69, 9.17) is 16.2 Å². The minimum absolute atomic E-state index is 0.192. The van der Waals surface area contributed by atoms with E-state index >= 15 is 0 Å². The highest BCUT2D eigenvalue weighted by atomic mass is 16.5. The Morgan fingerprint density at radius 2 is 2.00 bits per heavy atom. The van der Waals surface area contributed by atoms with Crippen LogP contribution in [0.2, 0.25) is 0 Å². The van der Waals surface area contributed by atoms with Crippen LogP contribution in [0.1, 0.15) is 24.9 Å². The van der Waals surface area contributed by atoms with Crippen molar-refractivity contribution in [2.45, 2.75) is 19.4 Å². The molecule has 0 spiro atoms. The first-order valence-corrected chi connectivity index (χ1v) is 4.90. The molecule has 0 aliphatic carbocycles. The molecule has 0 saturated carbocycles. The molecule has 4 nitrogen and oxygen atoms in total. The Hall–Kier alpha value is -1.55.